The Morgan fingerprint density at radius 1 is 0.906 bits per heavy atom. The lowest BCUT2D eigenvalue weighted by molar-refractivity contribution is 0.0948. The molecule has 1 amide bonds. The number of fused-ring (bicyclic) bond motifs is 1. The monoisotopic (exact) mass is 548 g/mol. The van der Waals surface area contributed by atoms with Crippen LogP contribution >= 0.6 is 24.0 Å². The van der Waals surface area contributed by atoms with Crippen molar-refractivity contribution in [1.82, 2.24) is 16.0 Å². The zero-order valence-electron chi connectivity index (χ0n) is 17.6. The number of guanidine groups is 1. The molecule has 0 aliphatic carbocycles. The van der Waals surface area contributed by atoms with Crippen LogP contribution in [0.4, 0.5) is 0 Å². The van der Waals surface area contributed by atoms with E-state index < -0.39 is 0 Å². The van der Waals surface area contributed by atoms with Gasteiger partial charge in [0.15, 0.2) is 17.5 Å². The van der Waals surface area contributed by atoms with E-state index in [2.05, 4.69) is 20.9 Å². The first-order chi connectivity index (χ1) is 15.2. The van der Waals surface area contributed by atoms with Crippen LogP contribution in [0.25, 0.3) is 0 Å². The van der Waals surface area contributed by atoms with Crippen molar-refractivity contribution in [2.24, 2.45) is 4.99 Å². The third-order valence-corrected chi connectivity index (χ3v) is 4.77. The molecule has 9 heteroatoms. The van der Waals surface area contributed by atoms with Crippen LogP contribution < -0.4 is 25.4 Å². The lowest BCUT2D eigenvalue weighted by Gasteiger charge is -2.13. The SMILES string of the molecule is CN=C(NCc1cccc(C(=O)NCc2ccco2)c1)NCc1ccc2c(c1)OCO2.I. The fraction of sp³-hybridized carbons (Fsp3) is 0.217. The van der Waals surface area contributed by atoms with Gasteiger partial charge in [-0.25, -0.2) is 0 Å². The number of hydrogen-bond acceptors (Lipinski definition) is 5. The van der Waals surface area contributed by atoms with Crippen molar-refractivity contribution in [3.63, 3.8) is 0 Å². The number of hydrogen-bond donors (Lipinski definition) is 3. The van der Waals surface area contributed by atoms with Crippen LogP contribution in [0, 0.1) is 0 Å². The minimum atomic E-state index is -0.149. The molecular formula is C23H25IN4O4. The molecule has 0 saturated carbocycles. The number of nitrogens with one attached hydrogen (secondary N) is 3. The molecule has 0 bridgehead atoms. The molecule has 3 aromatic rings. The summed E-state index contributed by atoms with van der Waals surface area (Å²) in [6.45, 7) is 1.73. The van der Waals surface area contributed by atoms with Crippen LogP contribution in [0.3, 0.4) is 0 Å². The van der Waals surface area contributed by atoms with Crippen LogP contribution in [0.5, 0.6) is 11.5 Å². The number of nitrogens with zero attached hydrogens (tertiary/aromatic N) is 1. The number of aliphatic imine (C=N–C) groups is 1. The zero-order chi connectivity index (χ0) is 21.5. The summed E-state index contributed by atoms with van der Waals surface area (Å²) in [5, 5.41) is 9.39. The number of carbonyl (C=O) groups excluding carboxylic acids is 1. The van der Waals surface area contributed by atoms with Gasteiger partial charge in [-0.1, -0.05) is 18.2 Å². The predicted molar refractivity (Wildman–Crippen MR) is 131 cm³/mol. The van der Waals surface area contributed by atoms with E-state index >= 15 is 0 Å². The van der Waals surface area contributed by atoms with Gasteiger partial charge in [-0.05, 0) is 47.5 Å². The number of amides is 1. The molecule has 2 aromatic carbocycles. The molecule has 0 fully saturated rings. The summed E-state index contributed by atoms with van der Waals surface area (Å²) >= 11 is 0. The molecule has 0 spiro atoms. The van der Waals surface area contributed by atoms with E-state index in [1.807, 2.05) is 42.5 Å². The van der Waals surface area contributed by atoms with Crippen LogP contribution in [-0.4, -0.2) is 25.7 Å². The second-order valence-corrected chi connectivity index (χ2v) is 6.93. The highest BCUT2D eigenvalue weighted by Crippen LogP contribution is 2.32. The topological polar surface area (TPSA) is 97.1 Å². The molecule has 2 heterocycles. The van der Waals surface area contributed by atoms with Gasteiger partial charge in [0.05, 0.1) is 12.8 Å². The lowest BCUT2D eigenvalue weighted by atomic mass is 10.1. The highest BCUT2D eigenvalue weighted by Gasteiger charge is 2.13. The van der Waals surface area contributed by atoms with Crippen molar-refractivity contribution in [3.8, 4) is 11.5 Å². The maximum absolute atomic E-state index is 12.4. The molecule has 0 saturated heterocycles. The maximum atomic E-state index is 12.4. The Morgan fingerprint density at radius 3 is 2.44 bits per heavy atom. The number of benzene rings is 2. The first-order valence-corrected chi connectivity index (χ1v) is 9.94. The van der Waals surface area contributed by atoms with Crippen LogP contribution in [-0.2, 0) is 19.6 Å². The third-order valence-electron chi connectivity index (χ3n) is 4.77. The Hall–Kier alpha value is -3.21. The second kappa shape index (κ2) is 11.4. The van der Waals surface area contributed by atoms with E-state index in [4.69, 9.17) is 13.9 Å². The quantitative estimate of drug-likeness (QED) is 0.238. The summed E-state index contributed by atoms with van der Waals surface area (Å²) in [6.07, 6.45) is 1.58. The van der Waals surface area contributed by atoms with Crippen LogP contribution in [0.15, 0.2) is 70.3 Å². The first-order valence-electron chi connectivity index (χ1n) is 9.94. The molecular weight excluding hydrogens is 523 g/mol. The van der Waals surface area contributed by atoms with Gasteiger partial charge in [0.2, 0.25) is 6.79 Å². The van der Waals surface area contributed by atoms with Crippen molar-refractivity contribution in [3.05, 3.63) is 83.3 Å². The molecule has 1 aliphatic rings. The predicted octanol–water partition coefficient (Wildman–Crippen LogP) is 3.42. The molecule has 0 unspecified atom stereocenters. The van der Waals surface area contributed by atoms with E-state index in [1.165, 1.54) is 0 Å². The van der Waals surface area contributed by atoms with Gasteiger partial charge in [-0.2, -0.15) is 0 Å². The van der Waals surface area contributed by atoms with E-state index in [-0.39, 0.29) is 36.7 Å². The molecule has 0 radical (unpaired) electrons. The molecule has 4 rings (SSSR count). The second-order valence-electron chi connectivity index (χ2n) is 6.93. The average molecular weight is 548 g/mol. The van der Waals surface area contributed by atoms with E-state index in [0.29, 0.717) is 36.9 Å². The van der Waals surface area contributed by atoms with Crippen LogP contribution in [0.1, 0.15) is 27.2 Å². The van der Waals surface area contributed by atoms with Crippen molar-refractivity contribution in [2.75, 3.05) is 13.8 Å². The molecule has 1 aromatic heterocycles. The van der Waals surface area contributed by atoms with Gasteiger partial charge in [-0.15, -0.1) is 24.0 Å². The number of rotatable bonds is 7. The summed E-state index contributed by atoms with van der Waals surface area (Å²) in [5.41, 5.74) is 2.62. The smallest absolute Gasteiger partial charge is 0.251 e. The van der Waals surface area contributed by atoms with Crippen molar-refractivity contribution in [2.45, 2.75) is 19.6 Å². The minimum Gasteiger partial charge on any atom is -0.467 e. The third kappa shape index (κ3) is 6.16. The maximum Gasteiger partial charge on any atom is 0.251 e. The molecule has 1 aliphatic heterocycles. The highest BCUT2D eigenvalue weighted by molar-refractivity contribution is 14.0. The van der Waals surface area contributed by atoms with Crippen molar-refractivity contribution in [1.29, 1.82) is 0 Å². The summed E-state index contributed by atoms with van der Waals surface area (Å²) in [5.74, 6) is 2.74. The Labute approximate surface area is 203 Å². The summed E-state index contributed by atoms with van der Waals surface area (Å²) < 4.78 is 16.0. The Morgan fingerprint density at radius 2 is 1.69 bits per heavy atom. The standard InChI is InChI=1S/C23H24N4O4.HI/c1-24-23(27-13-17-7-8-20-21(11-17)31-15-30-20)26-12-16-4-2-5-18(10-16)22(28)25-14-19-6-3-9-29-19;/h2-11H,12-15H2,1H3,(H,25,28)(H2,24,26,27);1H. The van der Waals surface area contributed by atoms with Gasteiger partial charge in [0, 0.05) is 25.7 Å². The number of halogens is 1. The molecule has 32 heavy (non-hydrogen) atoms. The minimum absolute atomic E-state index is 0. The fourth-order valence-electron chi connectivity index (χ4n) is 3.15. The lowest BCUT2D eigenvalue weighted by Crippen LogP contribution is -2.36. The normalized spacial score (nSPS) is 12.1. The molecule has 3 N–H and O–H groups in total. The summed E-state index contributed by atoms with van der Waals surface area (Å²) in [7, 11) is 1.72. The van der Waals surface area contributed by atoms with Gasteiger partial charge < -0.3 is 29.8 Å². The van der Waals surface area contributed by atoms with Gasteiger partial charge >= 0.3 is 0 Å². The van der Waals surface area contributed by atoms with E-state index in [0.717, 1.165) is 22.6 Å². The van der Waals surface area contributed by atoms with Gasteiger partial charge in [0.25, 0.3) is 5.91 Å². The largest absolute Gasteiger partial charge is 0.467 e. The fourth-order valence-corrected chi connectivity index (χ4v) is 3.15. The molecule has 168 valence electrons. The summed E-state index contributed by atoms with van der Waals surface area (Å²) in [4.78, 5) is 16.7. The summed E-state index contributed by atoms with van der Waals surface area (Å²) in [6, 6.07) is 16.9. The van der Waals surface area contributed by atoms with E-state index in [9.17, 15) is 4.79 Å². The molecule has 8 nitrogen and oxygen atoms in total. The number of carbonyl (C=O) groups is 1. The molecule has 0 atom stereocenters. The van der Waals surface area contributed by atoms with Gasteiger partial charge in [0.1, 0.15) is 5.76 Å². The number of furan rings is 1. The Balaban J connectivity index is 0.00000289. The van der Waals surface area contributed by atoms with E-state index in [1.54, 1.807) is 25.4 Å². The number of ether oxygens (including phenoxy) is 2. The zero-order valence-corrected chi connectivity index (χ0v) is 19.9. The van der Waals surface area contributed by atoms with Gasteiger partial charge in [-0.3, -0.25) is 9.79 Å². The van der Waals surface area contributed by atoms with Crippen molar-refractivity contribution >= 4 is 35.8 Å². The Kier molecular flexibility index (Phi) is 8.37. The highest BCUT2D eigenvalue weighted by atomic mass is 127. The average Bonchev–Trinajstić information content (AvgIpc) is 3.49. The van der Waals surface area contributed by atoms with Crippen LogP contribution in [0.2, 0.25) is 0 Å². The van der Waals surface area contributed by atoms with Crippen molar-refractivity contribution < 1.29 is 18.7 Å². The Bertz CT molecular complexity index is 1070. The first kappa shape index (κ1) is 23.5.